The summed E-state index contributed by atoms with van der Waals surface area (Å²) in [6.45, 7) is 9.50. The summed E-state index contributed by atoms with van der Waals surface area (Å²) in [5.41, 5.74) is 7.89. The number of amides is 2. The van der Waals surface area contributed by atoms with E-state index in [1.54, 1.807) is 24.3 Å². The van der Waals surface area contributed by atoms with Crippen LogP contribution in [0.4, 0.5) is 5.00 Å². The van der Waals surface area contributed by atoms with Crippen LogP contribution < -0.4 is 21.1 Å². The number of nitrogens with one attached hydrogen (secondary N) is 2. The molecule has 0 bridgehead atoms. The van der Waals surface area contributed by atoms with E-state index in [0.29, 0.717) is 28.7 Å². The Morgan fingerprint density at radius 3 is 2.55 bits per heavy atom. The molecule has 1 heterocycles. The zero-order valence-corrected chi connectivity index (χ0v) is 21.4. The Hall–Kier alpha value is -2.45. The van der Waals surface area contributed by atoms with Gasteiger partial charge in [-0.05, 0) is 79.1 Å². The maximum absolute atomic E-state index is 12.6. The standard InChI is InChI=1S/C25H33N3O3S2/c1-5-6-13-31-17-10-7-15(8-11-17)22(30)27-24(32)28-23-20(21(26)29)18-12-9-16(25(2,3)4)14-19(18)33-23/h7-8,10-11,16H,5-6,9,12-14H2,1-4H3,(H2,26,29)(H2,27,28,30,32). The van der Waals surface area contributed by atoms with Crippen LogP contribution in [0.15, 0.2) is 24.3 Å². The lowest BCUT2D eigenvalue weighted by molar-refractivity contribution is 0.0975. The first kappa shape index (κ1) is 25.2. The highest BCUT2D eigenvalue weighted by atomic mass is 32.1. The SMILES string of the molecule is CCCCOc1ccc(C(=O)NC(=S)Nc2sc3c(c2C(N)=O)CCC(C(C)(C)C)C3)cc1. The lowest BCUT2D eigenvalue weighted by Gasteiger charge is -2.33. The van der Waals surface area contributed by atoms with E-state index in [1.807, 2.05) is 0 Å². The third kappa shape index (κ3) is 6.32. The van der Waals surface area contributed by atoms with Crippen molar-refractivity contribution in [3.8, 4) is 5.75 Å². The highest BCUT2D eigenvalue weighted by Crippen LogP contribution is 2.44. The van der Waals surface area contributed by atoms with Gasteiger partial charge in [-0.15, -0.1) is 11.3 Å². The first-order chi connectivity index (χ1) is 15.6. The third-order valence-electron chi connectivity index (χ3n) is 6.07. The second kappa shape index (κ2) is 10.7. The number of unbranched alkanes of at least 4 members (excludes halogenated alkanes) is 1. The van der Waals surface area contributed by atoms with Gasteiger partial charge >= 0.3 is 0 Å². The van der Waals surface area contributed by atoms with Crippen molar-refractivity contribution < 1.29 is 14.3 Å². The van der Waals surface area contributed by atoms with Gasteiger partial charge in [0.2, 0.25) is 0 Å². The van der Waals surface area contributed by atoms with Crippen LogP contribution in [0.2, 0.25) is 0 Å². The molecule has 8 heteroatoms. The van der Waals surface area contributed by atoms with E-state index in [-0.39, 0.29) is 16.4 Å². The summed E-state index contributed by atoms with van der Waals surface area (Å²) in [5, 5.41) is 6.47. The van der Waals surface area contributed by atoms with E-state index < -0.39 is 5.91 Å². The second-order valence-corrected chi connectivity index (χ2v) is 11.0. The lowest BCUT2D eigenvalue weighted by Crippen LogP contribution is -2.34. The van der Waals surface area contributed by atoms with Gasteiger partial charge in [0, 0.05) is 10.4 Å². The first-order valence-corrected chi connectivity index (χ1v) is 12.6. The Bertz CT molecular complexity index is 1020. The zero-order valence-electron chi connectivity index (χ0n) is 19.7. The molecule has 0 saturated carbocycles. The second-order valence-electron chi connectivity index (χ2n) is 9.51. The molecule has 1 aromatic heterocycles. The number of fused-ring (bicyclic) bond motifs is 1. The number of primary amides is 1. The van der Waals surface area contributed by atoms with E-state index in [1.165, 1.54) is 16.2 Å². The highest BCUT2D eigenvalue weighted by molar-refractivity contribution is 7.80. The van der Waals surface area contributed by atoms with Crippen LogP contribution in [-0.2, 0) is 12.8 Å². The van der Waals surface area contributed by atoms with Crippen molar-refractivity contribution in [2.24, 2.45) is 17.1 Å². The van der Waals surface area contributed by atoms with Gasteiger partial charge in [0.25, 0.3) is 11.8 Å². The van der Waals surface area contributed by atoms with Crippen molar-refractivity contribution in [3.05, 3.63) is 45.8 Å². The number of thiophene rings is 1. The Morgan fingerprint density at radius 1 is 1.24 bits per heavy atom. The summed E-state index contributed by atoms with van der Waals surface area (Å²) in [6.07, 6.45) is 4.80. The number of hydrogen-bond acceptors (Lipinski definition) is 5. The summed E-state index contributed by atoms with van der Waals surface area (Å²) in [7, 11) is 0. The minimum absolute atomic E-state index is 0.136. The molecule has 1 aromatic carbocycles. The molecule has 0 spiro atoms. The Kier molecular flexibility index (Phi) is 8.13. The normalized spacial score (nSPS) is 15.5. The van der Waals surface area contributed by atoms with Gasteiger partial charge in [-0.25, -0.2) is 0 Å². The van der Waals surface area contributed by atoms with E-state index in [9.17, 15) is 9.59 Å². The van der Waals surface area contributed by atoms with Crippen molar-refractivity contribution >= 4 is 45.5 Å². The predicted octanol–water partition coefficient (Wildman–Crippen LogP) is 5.30. The van der Waals surface area contributed by atoms with Crippen molar-refractivity contribution in [2.75, 3.05) is 11.9 Å². The van der Waals surface area contributed by atoms with E-state index in [4.69, 9.17) is 22.7 Å². The molecule has 178 valence electrons. The van der Waals surface area contributed by atoms with Gasteiger partial charge in [0.15, 0.2) is 5.11 Å². The minimum Gasteiger partial charge on any atom is -0.494 e. The average molecular weight is 488 g/mol. The quantitative estimate of drug-likeness (QED) is 0.364. The number of benzene rings is 1. The van der Waals surface area contributed by atoms with Crippen LogP contribution in [0.3, 0.4) is 0 Å². The Morgan fingerprint density at radius 2 is 1.94 bits per heavy atom. The molecule has 0 aliphatic heterocycles. The van der Waals surface area contributed by atoms with Gasteiger partial charge in [-0.2, -0.15) is 0 Å². The first-order valence-electron chi connectivity index (χ1n) is 11.4. The van der Waals surface area contributed by atoms with Crippen LogP contribution in [-0.4, -0.2) is 23.5 Å². The van der Waals surface area contributed by atoms with Gasteiger partial charge in [-0.3, -0.25) is 14.9 Å². The predicted molar refractivity (Wildman–Crippen MR) is 138 cm³/mol. The monoisotopic (exact) mass is 487 g/mol. The largest absolute Gasteiger partial charge is 0.494 e. The fourth-order valence-corrected chi connectivity index (χ4v) is 5.62. The number of carbonyl (C=O) groups is 2. The summed E-state index contributed by atoms with van der Waals surface area (Å²) < 4.78 is 5.63. The van der Waals surface area contributed by atoms with Crippen molar-refractivity contribution in [1.29, 1.82) is 0 Å². The molecule has 0 radical (unpaired) electrons. The van der Waals surface area contributed by atoms with Crippen molar-refractivity contribution in [1.82, 2.24) is 5.32 Å². The van der Waals surface area contributed by atoms with Crippen LogP contribution in [0, 0.1) is 11.3 Å². The molecule has 3 rings (SSSR count). The molecular weight excluding hydrogens is 454 g/mol. The molecule has 1 atom stereocenters. The number of ether oxygens (including phenoxy) is 1. The smallest absolute Gasteiger partial charge is 0.257 e. The van der Waals surface area contributed by atoms with Gasteiger partial charge in [0.05, 0.1) is 12.2 Å². The van der Waals surface area contributed by atoms with E-state index in [2.05, 4.69) is 38.3 Å². The fraction of sp³-hybridized carbons (Fsp3) is 0.480. The van der Waals surface area contributed by atoms with Gasteiger partial charge < -0.3 is 15.8 Å². The molecule has 1 aliphatic carbocycles. The molecule has 6 nitrogen and oxygen atoms in total. The highest BCUT2D eigenvalue weighted by Gasteiger charge is 2.33. The fourth-order valence-electron chi connectivity index (χ4n) is 4.02. The summed E-state index contributed by atoms with van der Waals surface area (Å²) in [4.78, 5) is 26.0. The van der Waals surface area contributed by atoms with Crippen LogP contribution in [0.25, 0.3) is 0 Å². The number of carbonyl (C=O) groups excluding carboxylic acids is 2. The zero-order chi connectivity index (χ0) is 24.2. The molecule has 4 N–H and O–H groups in total. The maximum atomic E-state index is 12.6. The molecule has 0 fully saturated rings. The molecule has 0 saturated heterocycles. The van der Waals surface area contributed by atoms with Crippen LogP contribution in [0.5, 0.6) is 5.75 Å². The molecular formula is C25H33N3O3S2. The lowest BCUT2D eigenvalue weighted by atomic mass is 9.72. The third-order valence-corrected chi connectivity index (χ3v) is 7.45. The topological polar surface area (TPSA) is 93.4 Å². The summed E-state index contributed by atoms with van der Waals surface area (Å²) in [6, 6.07) is 6.94. The molecule has 2 aromatic rings. The summed E-state index contributed by atoms with van der Waals surface area (Å²) >= 11 is 6.87. The van der Waals surface area contributed by atoms with Crippen LogP contribution in [0.1, 0.15) is 78.1 Å². The van der Waals surface area contributed by atoms with Gasteiger partial charge in [0.1, 0.15) is 10.8 Å². The number of hydrogen-bond donors (Lipinski definition) is 3. The number of nitrogens with two attached hydrogens (primary N) is 1. The van der Waals surface area contributed by atoms with E-state index in [0.717, 1.165) is 43.4 Å². The number of thiocarbonyl (C=S) groups is 1. The average Bonchev–Trinajstić information content (AvgIpc) is 3.10. The Balaban J connectivity index is 1.67. The van der Waals surface area contributed by atoms with E-state index >= 15 is 0 Å². The molecule has 2 amide bonds. The minimum atomic E-state index is -0.475. The van der Waals surface area contributed by atoms with Crippen molar-refractivity contribution in [2.45, 2.75) is 59.8 Å². The van der Waals surface area contributed by atoms with Gasteiger partial charge in [-0.1, -0.05) is 34.1 Å². The number of rotatable bonds is 7. The van der Waals surface area contributed by atoms with Crippen molar-refractivity contribution in [3.63, 3.8) is 0 Å². The Labute approximate surface area is 205 Å². The van der Waals surface area contributed by atoms with Crippen LogP contribution >= 0.6 is 23.6 Å². The summed E-state index contributed by atoms with van der Waals surface area (Å²) in [5.74, 6) is 0.460. The molecule has 1 unspecified atom stereocenters. The molecule has 1 aliphatic rings. The molecule has 33 heavy (non-hydrogen) atoms. The maximum Gasteiger partial charge on any atom is 0.257 e. The number of anilines is 1.